The molecule has 1 saturated carbocycles. The normalized spacial score (nSPS) is 25.8. The lowest BCUT2D eigenvalue weighted by Gasteiger charge is -2.40. The van der Waals surface area contributed by atoms with Crippen molar-refractivity contribution in [2.24, 2.45) is 0 Å². The van der Waals surface area contributed by atoms with Crippen LogP contribution >= 0.6 is 11.8 Å². The van der Waals surface area contributed by atoms with E-state index in [0.717, 1.165) is 18.0 Å². The highest BCUT2D eigenvalue weighted by Gasteiger charge is 2.32. The lowest BCUT2D eigenvalue weighted by Crippen LogP contribution is -2.52. The van der Waals surface area contributed by atoms with Crippen molar-refractivity contribution in [1.82, 2.24) is 9.21 Å². The monoisotopic (exact) mass is 409 g/mol. The number of anilines is 1. The molecule has 1 aliphatic carbocycles. The molecule has 1 amide bonds. The van der Waals surface area contributed by atoms with E-state index >= 15 is 0 Å². The Morgan fingerprint density at radius 2 is 1.78 bits per heavy atom. The van der Waals surface area contributed by atoms with Gasteiger partial charge in [-0.3, -0.25) is 9.69 Å². The lowest BCUT2D eigenvalue weighted by molar-refractivity contribution is -0.115. The fourth-order valence-electron chi connectivity index (χ4n) is 4.25. The van der Waals surface area contributed by atoms with Crippen LogP contribution in [0.3, 0.4) is 0 Å². The third kappa shape index (κ3) is 3.90. The highest BCUT2D eigenvalue weighted by Crippen LogP contribution is 2.37. The number of benzene rings is 1. The Kier molecular flexibility index (Phi) is 5.51. The maximum absolute atomic E-state index is 13.1. The zero-order valence-corrected chi connectivity index (χ0v) is 17.3. The first-order chi connectivity index (χ1) is 12.9. The van der Waals surface area contributed by atoms with E-state index in [2.05, 4.69) is 10.2 Å². The van der Waals surface area contributed by atoms with E-state index in [1.807, 2.05) is 6.92 Å². The van der Waals surface area contributed by atoms with E-state index < -0.39 is 10.0 Å². The molecule has 1 saturated heterocycles. The molecule has 0 unspecified atom stereocenters. The Labute approximate surface area is 165 Å². The van der Waals surface area contributed by atoms with E-state index in [9.17, 15) is 13.2 Å². The standard InChI is InChI=1S/C19H27N3O3S2/c1-14-19(23)20-17-13-16(7-8-18(17)26-14)27(24,25)22-11-9-21(10-12-22)15-5-3-2-4-6-15/h7-8,13-15H,2-6,9-12H2,1H3,(H,20,23)/t14-/m0/s1. The second-order valence-electron chi connectivity index (χ2n) is 7.64. The number of nitrogens with one attached hydrogen (secondary N) is 1. The Bertz CT molecular complexity index is 813. The Balaban J connectivity index is 1.46. The van der Waals surface area contributed by atoms with Gasteiger partial charge < -0.3 is 5.32 Å². The molecule has 0 spiro atoms. The van der Waals surface area contributed by atoms with E-state index in [1.54, 1.807) is 22.5 Å². The van der Waals surface area contributed by atoms with Gasteiger partial charge in [0.05, 0.1) is 15.8 Å². The molecule has 1 aromatic rings. The number of carbonyl (C=O) groups is 1. The number of piperazine rings is 1. The zero-order chi connectivity index (χ0) is 19.0. The van der Waals surface area contributed by atoms with Crippen molar-refractivity contribution < 1.29 is 13.2 Å². The first-order valence-corrected chi connectivity index (χ1v) is 12.1. The fourth-order valence-corrected chi connectivity index (χ4v) is 6.63. The van der Waals surface area contributed by atoms with Crippen molar-refractivity contribution in [2.45, 2.75) is 60.1 Å². The smallest absolute Gasteiger partial charge is 0.243 e. The van der Waals surface area contributed by atoms with Crippen LogP contribution in [-0.2, 0) is 14.8 Å². The van der Waals surface area contributed by atoms with Crippen LogP contribution in [0.25, 0.3) is 0 Å². The van der Waals surface area contributed by atoms with Crippen molar-refractivity contribution in [2.75, 3.05) is 31.5 Å². The highest BCUT2D eigenvalue weighted by atomic mass is 32.2. The molecule has 2 heterocycles. The Morgan fingerprint density at radius 3 is 2.48 bits per heavy atom. The van der Waals surface area contributed by atoms with Crippen LogP contribution in [0.4, 0.5) is 5.69 Å². The van der Waals surface area contributed by atoms with Crippen molar-refractivity contribution in [3.63, 3.8) is 0 Å². The minimum atomic E-state index is -3.53. The van der Waals surface area contributed by atoms with E-state index in [1.165, 1.54) is 43.9 Å². The van der Waals surface area contributed by atoms with Gasteiger partial charge >= 0.3 is 0 Å². The average molecular weight is 410 g/mol. The van der Waals surface area contributed by atoms with Crippen LogP contribution in [0.5, 0.6) is 0 Å². The molecule has 0 aromatic heterocycles. The molecule has 1 aromatic carbocycles. The van der Waals surface area contributed by atoms with Gasteiger partial charge in [0.25, 0.3) is 0 Å². The van der Waals surface area contributed by atoms with Crippen LogP contribution in [0, 0.1) is 0 Å². The third-order valence-electron chi connectivity index (χ3n) is 5.88. The summed E-state index contributed by atoms with van der Waals surface area (Å²) in [5.74, 6) is -0.0804. The maximum atomic E-state index is 13.1. The van der Waals surface area contributed by atoms with Crippen LogP contribution in [0.2, 0.25) is 0 Å². The molecule has 0 bridgehead atoms. The lowest BCUT2D eigenvalue weighted by atomic mass is 9.94. The van der Waals surface area contributed by atoms with Crippen molar-refractivity contribution in [3.05, 3.63) is 18.2 Å². The summed E-state index contributed by atoms with van der Waals surface area (Å²) in [7, 11) is -3.53. The largest absolute Gasteiger partial charge is 0.324 e. The van der Waals surface area contributed by atoms with Gasteiger partial charge in [-0.05, 0) is 38.0 Å². The van der Waals surface area contributed by atoms with Gasteiger partial charge in [-0.2, -0.15) is 4.31 Å². The average Bonchev–Trinajstić information content (AvgIpc) is 2.69. The third-order valence-corrected chi connectivity index (χ3v) is 8.96. The minimum Gasteiger partial charge on any atom is -0.324 e. The molecule has 8 heteroatoms. The predicted octanol–water partition coefficient (Wildman–Crippen LogP) is 2.76. The summed E-state index contributed by atoms with van der Waals surface area (Å²) < 4.78 is 27.8. The van der Waals surface area contributed by atoms with Gasteiger partial charge in [-0.25, -0.2) is 8.42 Å². The molecular weight excluding hydrogens is 382 g/mol. The molecule has 1 N–H and O–H groups in total. The van der Waals surface area contributed by atoms with Gasteiger partial charge in [0, 0.05) is 37.1 Å². The summed E-state index contributed by atoms with van der Waals surface area (Å²) in [4.78, 5) is 15.6. The molecule has 148 valence electrons. The Morgan fingerprint density at radius 1 is 1.07 bits per heavy atom. The number of hydrogen-bond donors (Lipinski definition) is 1. The summed E-state index contributed by atoms with van der Waals surface area (Å²) in [5.41, 5.74) is 0.602. The molecule has 1 atom stereocenters. The molecule has 27 heavy (non-hydrogen) atoms. The number of carbonyl (C=O) groups excluding carboxylic acids is 1. The van der Waals surface area contributed by atoms with Crippen LogP contribution in [0.1, 0.15) is 39.0 Å². The first-order valence-electron chi connectivity index (χ1n) is 9.81. The molecular formula is C19H27N3O3S2. The van der Waals surface area contributed by atoms with Crippen molar-refractivity contribution >= 4 is 33.4 Å². The second kappa shape index (κ2) is 7.73. The molecule has 0 radical (unpaired) electrons. The molecule has 2 aliphatic heterocycles. The number of amides is 1. The summed E-state index contributed by atoms with van der Waals surface area (Å²) in [5, 5.41) is 2.66. The quantitative estimate of drug-likeness (QED) is 0.831. The zero-order valence-electron chi connectivity index (χ0n) is 15.7. The maximum Gasteiger partial charge on any atom is 0.243 e. The van der Waals surface area contributed by atoms with Crippen molar-refractivity contribution in [1.29, 1.82) is 0 Å². The topological polar surface area (TPSA) is 69.7 Å². The molecule has 3 aliphatic rings. The number of rotatable bonds is 3. The summed E-state index contributed by atoms with van der Waals surface area (Å²) in [6.07, 6.45) is 6.40. The summed E-state index contributed by atoms with van der Waals surface area (Å²) >= 11 is 1.46. The fraction of sp³-hybridized carbons (Fsp3) is 0.632. The predicted molar refractivity (Wildman–Crippen MR) is 108 cm³/mol. The SMILES string of the molecule is C[C@@H]1Sc2ccc(S(=O)(=O)N3CCN(C4CCCCC4)CC3)cc2NC1=O. The molecule has 2 fully saturated rings. The number of thioether (sulfide) groups is 1. The molecule has 6 nitrogen and oxygen atoms in total. The Hall–Kier alpha value is -1.09. The van der Waals surface area contributed by atoms with Crippen LogP contribution < -0.4 is 5.32 Å². The molecule has 4 rings (SSSR count). The summed E-state index contributed by atoms with van der Waals surface area (Å²) in [6, 6.07) is 5.70. The van der Waals surface area contributed by atoms with Crippen LogP contribution in [-0.4, -0.2) is 61.0 Å². The van der Waals surface area contributed by atoms with Crippen molar-refractivity contribution in [3.8, 4) is 0 Å². The minimum absolute atomic E-state index is 0.0804. The van der Waals surface area contributed by atoms with Gasteiger partial charge in [0.15, 0.2) is 0 Å². The van der Waals surface area contributed by atoms with Gasteiger partial charge in [0.2, 0.25) is 15.9 Å². The van der Waals surface area contributed by atoms with E-state index in [-0.39, 0.29) is 16.1 Å². The highest BCUT2D eigenvalue weighted by molar-refractivity contribution is 8.01. The number of hydrogen-bond acceptors (Lipinski definition) is 5. The van der Waals surface area contributed by atoms with E-state index in [0.29, 0.717) is 24.8 Å². The van der Waals surface area contributed by atoms with Gasteiger partial charge in [-0.1, -0.05) is 19.3 Å². The number of sulfonamides is 1. The van der Waals surface area contributed by atoms with Gasteiger partial charge in [0.1, 0.15) is 0 Å². The first kappa shape index (κ1) is 19.2. The van der Waals surface area contributed by atoms with E-state index in [4.69, 9.17) is 0 Å². The van der Waals surface area contributed by atoms with Crippen LogP contribution in [0.15, 0.2) is 28.0 Å². The summed E-state index contributed by atoms with van der Waals surface area (Å²) in [6.45, 7) is 4.53. The number of nitrogens with zero attached hydrogens (tertiary/aromatic N) is 2. The second-order valence-corrected chi connectivity index (χ2v) is 11.0. The number of fused-ring (bicyclic) bond motifs is 1. The van der Waals surface area contributed by atoms with Gasteiger partial charge in [-0.15, -0.1) is 11.8 Å².